The lowest BCUT2D eigenvalue weighted by Crippen LogP contribution is -2.08. The van der Waals surface area contributed by atoms with Crippen molar-refractivity contribution in [2.75, 3.05) is 0 Å². The van der Waals surface area contributed by atoms with Gasteiger partial charge in [-0.25, -0.2) is 0 Å². The predicted molar refractivity (Wildman–Crippen MR) is 59.8 cm³/mol. The fourth-order valence-corrected chi connectivity index (χ4v) is 1.18. The minimum absolute atomic E-state index is 0.102. The molecule has 0 saturated heterocycles. The average Bonchev–Trinajstić information content (AvgIpc) is 2.18. The maximum atomic E-state index is 10.4. The van der Waals surface area contributed by atoms with Gasteiger partial charge in [0.15, 0.2) is 0 Å². The van der Waals surface area contributed by atoms with Crippen molar-refractivity contribution in [2.45, 2.75) is 12.2 Å². The maximum Gasteiger partial charge on any atom is 0.229 e. The maximum absolute atomic E-state index is 10.4. The summed E-state index contributed by atoms with van der Waals surface area (Å²) < 4.78 is 0. The van der Waals surface area contributed by atoms with Gasteiger partial charge in [0, 0.05) is 11.3 Å². The Hall–Kier alpha value is -1.40. The molecule has 0 aliphatic rings. The van der Waals surface area contributed by atoms with Gasteiger partial charge in [0.2, 0.25) is 5.91 Å². The number of primary amides is 1. The number of thiol groups is 1. The Labute approximate surface area is 88.9 Å². The van der Waals surface area contributed by atoms with Crippen molar-refractivity contribution in [3.8, 4) is 11.8 Å². The molecular formula is C11H11NOS. The molecule has 0 saturated carbocycles. The largest absolute Gasteiger partial charge is 0.369 e. The molecule has 72 valence electrons. The first kappa shape index (κ1) is 10.7. The lowest BCUT2D eigenvalue weighted by atomic mass is 10.1. The Morgan fingerprint density at radius 3 is 2.93 bits per heavy atom. The third-order valence-corrected chi connectivity index (χ3v) is 1.97. The minimum Gasteiger partial charge on any atom is -0.369 e. The standard InChI is InChI=1S/C11H11NOS/c12-11(13)6-2-4-9-3-1-5-10(7-9)8-14/h1,3,5,7,14H,6,8H2,(H2,12,13). The topological polar surface area (TPSA) is 43.1 Å². The molecule has 0 aromatic heterocycles. The van der Waals surface area contributed by atoms with Crippen LogP contribution in [-0.2, 0) is 10.5 Å². The van der Waals surface area contributed by atoms with Crippen molar-refractivity contribution >= 4 is 18.5 Å². The summed E-state index contributed by atoms with van der Waals surface area (Å²) in [7, 11) is 0. The van der Waals surface area contributed by atoms with Crippen LogP contribution >= 0.6 is 12.6 Å². The van der Waals surface area contributed by atoms with Gasteiger partial charge in [-0.2, -0.15) is 12.6 Å². The molecule has 2 N–H and O–H groups in total. The van der Waals surface area contributed by atoms with Gasteiger partial charge in [-0.1, -0.05) is 24.0 Å². The second-order valence-corrected chi connectivity index (χ2v) is 3.12. The van der Waals surface area contributed by atoms with E-state index in [0.717, 1.165) is 11.1 Å². The third-order valence-electron chi connectivity index (χ3n) is 1.60. The van der Waals surface area contributed by atoms with Gasteiger partial charge < -0.3 is 5.73 Å². The summed E-state index contributed by atoms with van der Waals surface area (Å²) in [5.74, 6) is 5.85. The van der Waals surface area contributed by atoms with Gasteiger partial charge in [0.05, 0.1) is 6.42 Å². The number of hydrogen-bond donors (Lipinski definition) is 2. The second-order valence-electron chi connectivity index (χ2n) is 2.80. The highest BCUT2D eigenvalue weighted by atomic mass is 32.1. The van der Waals surface area contributed by atoms with E-state index in [1.54, 1.807) is 0 Å². The number of benzene rings is 1. The van der Waals surface area contributed by atoms with E-state index in [1.807, 2.05) is 24.3 Å². The summed E-state index contributed by atoms with van der Waals surface area (Å²) in [5, 5.41) is 0. The molecule has 1 aromatic carbocycles. The molecule has 0 radical (unpaired) electrons. The van der Waals surface area contributed by atoms with Crippen LogP contribution in [0.1, 0.15) is 17.5 Å². The van der Waals surface area contributed by atoms with Gasteiger partial charge in [-0.05, 0) is 17.7 Å². The Balaban J connectivity index is 2.74. The first-order chi connectivity index (χ1) is 6.72. The fraction of sp³-hybridized carbons (Fsp3) is 0.182. The SMILES string of the molecule is NC(=O)CC#Cc1cccc(CS)c1. The monoisotopic (exact) mass is 205 g/mol. The van der Waals surface area contributed by atoms with Crippen molar-refractivity contribution in [3.05, 3.63) is 35.4 Å². The third kappa shape index (κ3) is 3.55. The Bertz CT molecular complexity index is 390. The molecule has 0 bridgehead atoms. The van der Waals surface area contributed by atoms with Crippen LogP contribution in [0, 0.1) is 11.8 Å². The number of amides is 1. The zero-order valence-corrected chi connectivity index (χ0v) is 8.55. The Kier molecular flexibility index (Phi) is 4.09. The van der Waals surface area contributed by atoms with Crippen LogP contribution in [0.5, 0.6) is 0 Å². The van der Waals surface area contributed by atoms with Gasteiger partial charge in [0.25, 0.3) is 0 Å². The number of carbonyl (C=O) groups excluding carboxylic acids is 1. The highest BCUT2D eigenvalue weighted by Gasteiger charge is 1.91. The summed E-state index contributed by atoms with van der Waals surface area (Å²) in [4.78, 5) is 10.4. The summed E-state index contributed by atoms with van der Waals surface area (Å²) in [6.45, 7) is 0. The Morgan fingerprint density at radius 2 is 2.29 bits per heavy atom. The summed E-state index contributed by atoms with van der Waals surface area (Å²) in [6, 6.07) is 7.73. The highest BCUT2D eigenvalue weighted by Crippen LogP contribution is 2.06. The van der Waals surface area contributed by atoms with Crippen molar-refractivity contribution in [1.82, 2.24) is 0 Å². The minimum atomic E-state index is -0.400. The number of nitrogens with two attached hydrogens (primary N) is 1. The van der Waals surface area contributed by atoms with Crippen molar-refractivity contribution in [2.24, 2.45) is 5.73 Å². The van der Waals surface area contributed by atoms with Crippen LogP contribution < -0.4 is 5.73 Å². The molecule has 1 amide bonds. The van der Waals surface area contributed by atoms with Crippen molar-refractivity contribution in [3.63, 3.8) is 0 Å². The molecule has 2 nitrogen and oxygen atoms in total. The van der Waals surface area contributed by atoms with Gasteiger partial charge in [0.1, 0.15) is 0 Å². The molecule has 0 atom stereocenters. The van der Waals surface area contributed by atoms with Crippen LogP contribution in [0.3, 0.4) is 0 Å². The number of rotatable bonds is 2. The average molecular weight is 205 g/mol. The van der Waals surface area contributed by atoms with E-state index in [0.29, 0.717) is 5.75 Å². The lowest BCUT2D eigenvalue weighted by Gasteiger charge is -1.95. The molecule has 0 heterocycles. The van der Waals surface area contributed by atoms with Crippen LogP contribution in [0.4, 0.5) is 0 Å². The van der Waals surface area contributed by atoms with E-state index in [4.69, 9.17) is 5.73 Å². The molecule has 14 heavy (non-hydrogen) atoms. The molecule has 0 spiro atoms. The van der Waals surface area contributed by atoms with Crippen LogP contribution in [-0.4, -0.2) is 5.91 Å². The Morgan fingerprint density at radius 1 is 1.50 bits per heavy atom. The van der Waals surface area contributed by atoms with E-state index >= 15 is 0 Å². The first-order valence-corrected chi connectivity index (χ1v) is 4.82. The van der Waals surface area contributed by atoms with E-state index in [-0.39, 0.29) is 6.42 Å². The fourth-order valence-electron chi connectivity index (χ4n) is 0.981. The first-order valence-electron chi connectivity index (χ1n) is 4.19. The normalized spacial score (nSPS) is 8.93. The molecule has 1 aromatic rings. The number of hydrogen-bond acceptors (Lipinski definition) is 2. The van der Waals surface area contributed by atoms with Crippen molar-refractivity contribution < 1.29 is 4.79 Å². The summed E-state index contributed by atoms with van der Waals surface area (Å²) in [6.07, 6.45) is 0.102. The van der Waals surface area contributed by atoms with Crippen LogP contribution in [0.2, 0.25) is 0 Å². The molecule has 0 fully saturated rings. The van der Waals surface area contributed by atoms with Gasteiger partial charge in [-0.3, -0.25) is 4.79 Å². The van der Waals surface area contributed by atoms with E-state index in [2.05, 4.69) is 24.5 Å². The highest BCUT2D eigenvalue weighted by molar-refractivity contribution is 7.79. The molecule has 0 unspecified atom stereocenters. The van der Waals surface area contributed by atoms with E-state index in [1.165, 1.54) is 0 Å². The quantitative estimate of drug-likeness (QED) is 0.555. The van der Waals surface area contributed by atoms with E-state index in [9.17, 15) is 4.79 Å². The molecule has 3 heteroatoms. The van der Waals surface area contributed by atoms with Gasteiger partial charge >= 0.3 is 0 Å². The summed E-state index contributed by atoms with van der Waals surface area (Å²) in [5.41, 5.74) is 6.96. The van der Waals surface area contributed by atoms with Gasteiger partial charge in [-0.15, -0.1) is 0 Å². The predicted octanol–water partition coefficient (Wildman–Crippen LogP) is 1.34. The lowest BCUT2D eigenvalue weighted by molar-refractivity contribution is -0.117. The second kappa shape index (κ2) is 5.36. The zero-order valence-electron chi connectivity index (χ0n) is 7.66. The summed E-state index contributed by atoms with van der Waals surface area (Å²) >= 11 is 4.16. The van der Waals surface area contributed by atoms with Crippen LogP contribution in [0.15, 0.2) is 24.3 Å². The smallest absolute Gasteiger partial charge is 0.229 e. The van der Waals surface area contributed by atoms with Crippen LogP contribution in [0.25, 0.3) is 0 Å². The zero-order chi connectivity index (χ0) is 10.4. The van der Waals surface area contributed by atoms with E-state index < -0.39 is 5.91 Å². The molecular weight excluding hydrogens is 194 g/mol. The number of carbonyl (C=O) groups is 1. The molecule has 0 aliphatic heterocycles. The molecule has 0 aliphatic carbocycles. The van der Waals surface area contributed by atoms with Crippen molar-refractivity contribution in [1.29, 1.82) is 0 Å². The molecule has 1 rings (SSSR count).